The smallest absolute Gasteiger partial charge is 0.244 e. The Labute approximate surface area is 166 Å². The Kier molecular flexibility index (Phi) is 6.82. The van der Waals surface area contributed by atoms with Crippen LogP contribution < -0.4 is 9.62 Å². The lowest BCUT2D eigenvalue weighted by Crippen LogP contribution is -2.48. The molecule has 0 aromatic heterocycles. The van der Waals surface area contributed by atoms with Crippen LogP contribution in [-0.2, 0) is 14.8 Å². The minimum Gasteiger partial charge on any atom is -0.347 e. The van der Waals surface area contributed by atoms with E-state index < -0.39 is 27.8 Å². The van der Waals surface area contributed by atoms with Crippen LogP contribution in [0.4, 0.5) is 10.1 Å². The summed E-state index contributed by atoms with van der Waals surface area (Å²) in [6, 6.07) is 9.91. The number of benzene rings is 2. The largest absolute Gasteiger partial charge is 0.347 e. The molecular formula is C21H27FN2O3S. The van der Waals surface area contributed by atoms with E-state index in [2.05, 4.69) is 5.32 Å². The standard InChI is InChI=1S/C21H27FN2O3S/c1-6-20(17-11-10-14(2)15(3)12-17)23-21(25)16(4)24(28(5,26)27)19-9-7-8-18(22)13-19/h7-13,16,20H,6H2,1-5H3,(H,23,25)/t16-,20-/m1/s1. The molecule has 0 aliphatic carbocycles. The van der Waals surface area contributed by atoms with Crippen molar-refractivity contribution in [2.45, 2.75) is 46.2 Å². The number of hydrogen-bond donors (Lipinski definition) is 1. The van der Waals surface area contributed by atoms with E-state index in [1.807, 2.05) is 39.0 Å². The lowest BCUT2D eigenvalue weighted by Gasteiger charge is -2.30. The summed E-state index contributed by atoms with van der Waals surface area (Å²) in [5.74, 6) is -1.01. The lowest BCUT2D eigenvalue weighted by atomic mass is 9.99. The summed E-state index contributed by atoms with van der Waals surface area (Å²) in [7, 11) is -3.79. The molecule has 0 radical (unpaired) electrons. The van der Waals surface area contributed by atoms with Crippen LogP contribution in [0.5, 0.6) is 0 Å². The van der Waals surface area contributed by atoms with Crippen LogP contribution in [0.25, 0.3) is 0 Å². The Bertz CT molecular complexity index is 960. The van der Waals surface area contributed by atoms with E-state index in [0.29, 0.717) is 6.42 Å². The maximum Gasteiger partial charge on any atom is 0.244 e. The van der Waals surface area contributed by atoms with E-state index in [4.69, 9.17) is 0 Å². The fraction of sp³-hybridized carbons (Fsp3) is 0.381. The van der Waals surface area contributed by atoms with Crippen LogP contribution in [0.15, 0.2) is 42.5 Å². The van der Waals surface area contributed by atoms with Crippen molar-refractivity contribution < 1.29 is 17.6 Å². The number of carbonyl (C=O) groups is 1. The number of anilines is 1. The highest BCUT2D eigenvalue weighted by atomic mass is 32.2. The Hall–Kier alpha value is -2.41. The number of nitrogens with one attached hydrogen (secondary N) is 1. The average Bonchev–Trinajstić information content (AvgIpc) is 2.60. The van der Waals surface area contributed by atoms with Crippen LogP contribution in [0.1, 0.15) is 43.0 Å². The first-order valence-corrected chi connectivity index (χ1v) is 11.0. The van der Waals surface area contributed by atoms with E-state index in [1.54, 1.807) is 0 Å². The Morgan fingerprint density at radius 3 is 2.36 bits per heavy atom. The van der Waals surface area contributed by atoms with Crippen molar-refractivity contribution in [3.8, 4) is 0 Å². The maximum atomic E-state index is 13.6. The summed E-state index contributed by atoms with van der Waals surface area (Å²) in [5, 5.41) is 2.93. The summed E-state index contributed by atoms with van der Waals surface area (Å²) in [6.07, 6.45) is 1.65. The van der Waals surface area contributed by atoms with Gasteiger partial charge in [0, 0.05) is 0 Å². The molecule has 2 atom stereocenters. The first-order valence-electron chi connectivity index (χ1n) is 9.17. The van der Waals surface area contributed by atoms with Gasteiger partial charge in [0.1, 0.15) is 11.9 Å². The summed E-state index contributed by atoms with van der Waals surface area (Å²) >= 11 is 0. The minimum absolute atomic E-state index is 0.115. The molecule has 0 saturated carbocycles. The third-order valence-corrected chi connectivity index (χ3v) is 6.05. The number of carbonyl (C=O) groups excluding carboxylic acids is 1. The number of rotatable bonds is 7. The molecule has 1 N–H and O–H groups in total. The molecule has 28 heavy (non-hydrogen) atoms. The highest BCUT2D eigenvalue weighted by Gasteiger charge is 2.30. The van der Waals surface area contributed by atoms with Gasteiger partial charge in [-0.05, 0) is 62.1 Å². The van der Waals surface area contributed by atoms with Gasteiger partial charge in [-0.2, -0.15) is 0 Å². The monoisotopic (exact) mass is 406 g/mol. The third kappa shape index (κ3) is 5.10. The minimum atomic E-state index is -3.79. The predicted molar refractivity (Wildman–Crippen MR) is 110 cm³/mol. The van der Waals surface area contributed by atoms with Gasteiger partial charge in [0.05, 0.1) is 18.0 Å². The molecule has 0 spiro atoms. The van der Waals surface area contributed by atoms with Crippen LogP contribution in [0.3, 0.4) is 0 Å². The van der Waals surface area contributed by atoms with Crippen molar-refractivity contribution in [1.82, 2.24) is 5.32 Å². The second-order valence-corrected chi connectivity index (χ2v) is 8.89. The molecule has 0 fully saturated rings. The average molecular weight is 407 g/mol. The SMILES string of the molecule is CC[C@@H](NC(=O)[C@@H](C)N(c1cccc(F)c1)S(C)(=O)=O)c1ccc(C)c(C)c1. The van der Waals surface area contributed by atoms with Gasteiger partial charge in [0.2, 0.25) is 15.9 Å². The van der Waals surface area contributed by atoms with Crippen molar-refractivity contribution in [2.75, 3.05) is 10.6 Å². The summed E-state index contributed by atoms with van der Waals surface area (Å²) in [5.41, 5.74) is 3.36. The van der Waals surface area contributed by atoms with E-state index in [9.17, 15) is 17.6 Å². The van der Waals surface area contributed by atoms with Gasteiger partial charge >= 0.3 is 0 Å². The second-order valence-electron chi connectivity index (χ2n) is 7.03. The number of sulfonamides is 1. The Morgan fingerprint density at radius 1 is 1.14 bits per heavy atom. The molecule has 2 aromatic carbocycles. The van der Waals surface area contributed by atoms with Crippen molar-refractivity contribution in [2.24, 2.45) is 0 Å². The van der Waals surface area contributed by atoms with Gasteiger partial charge in [0.15, 0.2) is 0 Å². The molecule has 5 nitrogen and oxygen atoms in total. The molecule has 0 unspecified atom stereocenters. The predicted octanol–water partition coefficient (Wildman–Crippen LogP) is 3.86. The zero-order valence-corrected chi connectivity index (χ0v) is 17.7. The van der Waals surface area contributed by atoms with E-state index in [0.717, 1.165) is 33.3 Å². The number of halogens is 1. The fourth-order valence-corrected chi connectivity index (χ4v) is 4.28. The van der Waals surface area contributed by atoms with E-state index in [1.165, 1.54) is 25.1 Å². The molecule has 7 heteroatoms. The molecule has 1 amide bonds. The molecule has 0 saturated heterocycles. The lowest BCUT2D eigenvalue weighted by molar-refractivity contribution is -0.122. The molecule has 0 bridgehead atoms. The molecule has 0 aliphatic rings. The van der Waals surface area contributed by atoms with Gasteiger partial charge in [-0.25, -0.2) is 12.8 Å². The van der Waals surface area contributed by atoms with E-state index >= 15 is 0 Å². The maximum absolute atomic E-state index is 13.6. The van der Waals surface area contributed by atoms with Crippen LogP contribution in [0, 0.1) is 19.7 Å². The Balaban J connectivity index is 2.30. The zero-order valence-electron chi connectivity index (χ0n) is 16.9. The van der Waals surface area contributed by atoms with Crippen LogP contribution in [-0.4, -0.2) is 26.6 Å². The summed E-state index contributed by atoms with van der Waals surface area (Å²) in [4.78, 5) is 12.9. The quantitative estimate of drug-likeness (QED) is 0.759. The highest BCUT2D eigenvalue weighted by Crippen LogP contribution is 2.24. The van der Waals surface area contributed by atoms with Gasteiger partial charge in [-0.3, -0.25) is 9.10 Å². The summed E-state index contributed by atoms with van der Waals surface area (Å²) < 4.78 is 39.2. The fourth-order valence-electron chi connectivity index (χ4n) is 3.12. The topological polar surface area (TPSA) is 66.5 Å². The van der Waals surface area contributed by atoms with Crippen molar-refractivity contribution in [3.05, 3.63) is 65.0 Å². The second kappa shape index (κ2) is 8.73. The van der Waals surface area contributed by atoms with Gasteiger partial charge in [0.25, 0.3) is 0 Å². The molecule has 2 rings (SSSR count). The van der Waals surface area contributed by atoms with Gasteiger partial charge < -0.3 is 5.32 Å². The first kappa shape index (κ1) is 21.9. The molecular weight excluding hydrogens is 379 g/mol. The molecule has 152 valence electrons. The molecule has 2 aromatic rings. The summed E-state index contributed by atoms with van der Waals surface area (Å²) in [6.45, 7) is 7.47. The number of hydrogen-bond acceptors (Lipinski definition) is 3. The third-order valence-electron chi connectivity index (χ3n) is 4.81. The number of amides is 1. The number of nitrogens with zero attached hydrogens (tertiary/aromatic N) is 1. The van der Waals surface area contributed by atoms with Crippen molar-refractivity contribution in [1.29, 1.82) is 0 Å². The number of aryl methyl sites for hydroxylation is 2. The highest BCUT2D eigenvalue weighted by molar-refractivity contribution is 7.92. The van der Waals surface area contributed by atoms with Crippen molar-refractivity contribution in [3.63, 3.8) is 0 Å². The van der Waals surface area contributed by atoms with Crippen LogP contribution >= 0.6 is 0 Å². The Morgan fingerprint density at radius 2 is 1.82 bits per heavy atom. The van der Waals surface area contributed by atoms with Crippen molar-refractivity contribution >= 4 is 21.6 Å². The molecule has 0 heterocycles. The zero-order chi connectivity index (χ0) is 21.1. The first-order chi connectivity index (χ1) is 13.0. The van der Waals surface area contributed by atoms with Gasteiger partial charge in [-0.15, -0.1) is 0 Å². The normalized spacial score (nSPS) is 13.6. The van der Waals surface area contributed by atoms with Crippen LogP contribution in [0.2, 0.25) is 0 Å². The van der Waals surface area contributed by atoms with Gasteiger partial charge in [-0.1, -0.05) is 31.2 Å². The van der Waals surface area contributed by atoms with E-state index in [-0.39, 0.29) is 11.7 Å². The molecule has 0 aliphatic heterocycles.